The van der Waals surface area contributed by atoms with Gasteiger partial charge in [0.05, 0.1) is 13.0 Å². The topological polar surface area (TPSA) is 62.7 Å². The van der Waals surface area contributed by atoms with E-state index in [9.17, 15) is 9.90 Å². The fourth-order valence-corrected chi connectivity index (χ4v) is 6.78. The maximum atomic E-state index is 15.3. The zero-order chi connectivity index (χ0) is 29.5. The molecule has 1 N–H and O–H groups in total. The highest BCUT2D eigenvalue weighted by molar-refractivity contribution is 6.31. The van der Waals surface area contributed by atoms with E-state index in [1.54, 1.807) is 0 Å². The number of carbonyl (C=O) groups is 1. The number of rotatable bonds is 6. The maximum absolute atomic E-state index is 15.3. The molecular weight excluding hydrogens is 551 g/mol. The summed E-state index contributed by atoms with van der Waals surface area (Å²) in [7, 11) is 0. The number of carboxylic acid groups (broad SMARTS) is 1. The monoisotopic (exact) mass is 584 g/mol. The smallest absolute Gasteiger partial charge is 0.307 e. The van der Waals surface area contributed by atoms with E-state index in [1.165, 1.54) is 28.3 Å². The predicted octanol–water partition coefficient (Wildman–Crippen LogP) is 7.64. The summed E-state index contributed by atoms with van der Waals surface area (Å²) in [5, 5.41) is 10.6. The van der Waals surface area contributed by atoms with E-state index in [4.69, 9.17) is 21.3 Å². The first kappa shape index (κ1) is 28.4. The third kappa shape index (κ3) is 5.41. The second-order valence-corrected chi connectivity index (χ2v) is 11.9. The second kappa shape index (κ2) is 11.5. The average molecular weight is 585 g/mol. The maximum Gasteiger partial charge on any atom is 0.307 e. The Morgan fingerprint density at radius 1 is 0.976 bits per heavy atom. The van der Waals surface area contributed by atoms with E-state index >= 15 is 4.39 Å². The number of aryl methyl sites for hydroxylation is 4. The molecule has 0 amide bonds. The molecule has 0 saturated heterocycles. The van der Waals surface area contributed by atoms with Gasteiger partial charge >= 0.3 is 5.97 Å². The molecule has 0 spiro atoms. The van der Waals surface area contributed by atoms with Gasteiger partial charge in [-0.25, -0.2) is 4.39 Å². The molecule has 2 aliphatic rings. The van der Waals surface area contributed by atoms with Crippen LogP contribution < -0.4 is 4.74 Å². The fourth-order valence-electron chi connectivity index (χ4n) is 6.50. The lowest BCUT2D eigenvalue weighted by Crippen LogP contribution is -2.30. The first-order valence-electron chi connectivity index (χ1n) is 14.5. The molecule has 1 aromatic heterocycles. The minimum absolute atomic E-state index is 0.196. The Balaban J connectivity index is 1.42. The van der Waals surface area contributed by atoms with E-state index in [1.807, 2.05) is 32.0 Å². The Bertz CT molecular complexity index is 1700. The molecule has 3 heterocycles. The number of halogens is 2. The van der Waals surface area contributed by atoms with Gasteiger partial charge in [0.15, 0.2) is 11.6 Å². The minimum Gasteiger partial charge on any atom is -0.490 e. The van der Waals surface area contributed by atoms with Gasteiger partial charge in [0.1, 0.15) is 0 Å². The van der Waals surface area contributed by atoms with Gasteiger partial charge in [0.2, 0.25) is 0 Å². The van der Waals surface area contributed by atoms with Gasteiger partial charge in [0.25, 0.3) is 0 Å². The first-order valence-corrected chi connectivity index (χ1v) is 14.8. The van der Waals surface area contributed by atoms with Gasteiger partial charge in [0, 0.05) is 41.6 Å². The lowest BCUT2D eigenvalue weighted by atomic mass is 9.85. The summed E-state index contributed by atoms with van der Waals surface area (Å²) in [4.78, 5) is 19.2. The molecule has 3 aromatic carbocycles. The van der Waals surface area contributed by atoms with Crippen molar-refractivity contribution in [2.45, 2.75) is 59.5 Å². The number of aromatic nitrogens is 1. The van der Waals surface area contributed by atoms with Gasteiger partial charge < -0.3 is 9.84 Å². The zero-order valence-corrected chi connectivity index (χ0v) is 24.9. The first-order chi connectivity index (χ1) is 20.2. The van der Waals surface area contributed by atoms with Crippen LogP contribution in [-0.4, -0.2) is 34.1 Å². The van der Waals surface area contributed by atoms with Crippen LogP contribution in [0, 0.1) is 26.6 Å². The zero-order valence-electron chi connectivity index (χ0n) is 24.2. The fraction of sp³-hybridized carbons (Fsp3) is 0.314. The molecule has 7 heteroatoms. The molecule has 6 rings (SSSR count). The number of carboxylic acids is 1. The van der Waals surface area contributed by atoms with Crippen LogP contribution in [0.2, 0.25) is 5.02 Å². The van der Waals surface area contributed by atoms with E-state index in [2.05, 4.69) is 36.1 Å². The summed E-state index contributed by atoms with van der Waals surface area (Å²) < 4.78 is 21.0. The van der Waals surface area contributed by atoms with Gasteiger partial charge in [-0.2, -0.15) is 0 Å². The van der Waals surface area contributed by atoms with E-state index in [0.29, 0.717) is 29.2 Å². The molecule has 216 valence electrons. The van der Waals surface area contributed by atoms with Crippen LogP contribution in [0.3, 0.4) is 0 Å². The second-order valence-electron chi connectivity index (χ2n) is 11.5. The summed E-state index contributed by atoms with van der Waals surface area (Å²) >= 11 is 6.52. The molecule has 2 aliphatic heterocycles. The number of fused-ring (bicyclic) bond motifs is 2. The average Bonchev–Trinajstić information content (AvgIpc) is 2.96. The number of aliphatic carboxylic acids is 1. The Morgan fingerprint density at radius 2 is 1.79 bits per heavy atom. The number of ether oxygens (including phenoxy) is 1. The molecule has 0 atom stereocenters. The van der Waals surface area contributed by atoms with Crippen LogP contribution in [0.15, 0.2) is 48.5 Å². The summed E-state index contributed by atoms with van der Waals surface area (Å²) in [5.41, 5.74) is 11.0. The predicted molar refractivity (Wildman–Crippen MR) is 164 cm³/mol. The van der Waals surface area contributed by atoms with Crippen LogP contribution in [-0.2, 0) is 37.1 Å². The Labute approximate surface area is 250 Å². The summed E-state index contributed by atoms with van der Waals surface area (Å²) in [6, 6.07) is 15.9. The van der Waals surface area contributed by atoms with Crippen LogP contribution in [0.1, 0.15) is 51.2 Å². The number of nitrogens with zero attached hydrogens (tertiary/aromatic N) is 2. The SMILES string of the molecule is Cc1cccc(Cl)c1CN1CCc2cc(-c3c(C)nc(C)c(CC(=O)O)c3-c3cc(F)c4c(c3)CCCO4)ccc2C1. The van der Waals surface area contributed by atoms with Crippen molar-refractivity contribution in [2.75, 3.05) is 13.2 Å². The molecule has 4 aromatic rings. The highest BCUT2D eigenvalue weighted by Gasteiger charge is 2.25. The van der Waals surface area contributed by atoms with Crippen molar-refractivity contribution in [1.82, 2.24) is 9.88 Å². The molecule has 5 nitrogen and oxygen atoms in total. The molecule has 42 heavy (non-hydrogen) atoms. The lowest BCUT2D eigenvalue weighted by molar-refractivity contribution is -0.136. The third-order valence-corrected chi connectivity index (χ3v) is 8.93. The highest BCUT2D eigenvalue weighted by atomic mass is 35.5. The Kier molecular flexibility index (Phi) is 7.77. The lowest BCUT2D eigenvalue weighted by Gasteiger charge is -2.30. The Morgan fingerprint density at radius 3 is 2.57 bits per heavy atom. The number of benzene rings is 3. The van der Waals surface area contributed by atoms with Gasteiger partial charge in [-0.05, 0) is 108 Å². The van der Waals surface area contributed by atoms with E-state index < -0.39 is 11.8 Å². The van der Waals surface area contributed by atoms with Crippen molar-refractivity contribution >= 4 is 17.6 Å². The van der Waals surface area contributed by atoms with Gasteiger partial charge in [-0.15, -0.1) is 0 Å². The van der Waals surface area contributed by atoms with Crippen molar-refractivity contribution in [3.63, 3.8) is 0 Å². The van der Waals surface area contributed by atoms with Crippen molar-refractivity contribution in [3.05, 3.63) is 104 Å². The van der Waals surface area contributed by atoms with Crippen molar-refractivity contribution in [3.8, 4) is 28.0 Å². The molecule has 0 saturated carbocycles. The highest BCUT2D eigenvalue weighted by Crippen LogP contribution is 2.42. The molecule has 0 fully saturated rings. The molecule has 0 bridgehead atoms. The number of hydrogen-bond acceptors (Lipinski definition) is 4. The normalized spacial score (nSPS) is 14.7. The van der Waals surface area contributed by atoms with Crippen molar-refractivity contribution < 1.29 is 19.0 Å². The van der Waals surface area contributed by atoms with E-state index in [-0.39, 0.29) is 6.42 Å². The van der Waals surface area contributed by atoms with Crippen molar-refractivity contribution in [1.29, 1.82) is 0 Å². The number of hydrogen-bond donors (Lipinski definition) is 1. The third-order valence-electron chi connectivity index (χ3n) is 8.58. The summed E-state index contributed by atoms with van der Waals surface area (Å²) in [6.07, 6.45) is 2.22. The largest absolute Gasteiger partial charge is 0.490 e. The van der Waals surface area contributed by atoms with Gasteiger partial charge in [-0.1, -0.05) is 41.9 Å². The minimum atomic E-state index is -0.947. The quantitative estimate of drug-likeness (QED) is 0.252. The van der Waals surface area contributed by atoms with Gasteiger partial charge in [-0.3, -0.25) is 14.7 Å². The molecule has 0 aliphatic carbocycles. The van der Waals surface area contributed by atoms with Crippen LogP contribution in [0.25, 0.3) is 22.3 Å². The van der Waals surface area contributed by atoms with E-state index in [0.717, 1.165) is 71.9 Å². The molecular formula is C35H34ClFN2O3. The standard InChI is InChI=1S/C35H34ClFN2O3/c1-20-6-4-8-30(36)29(20)19-39-12-11-23-14-24(9-10-26(23)18-39)33-22(3)38-21(2)28(17-32(40)41)34(33)27-15-25-7-5-13-42-35(25)31(37)16-27/h4,6,8-10,14-16H,5,7,11-13,17-19H2,1-3H3,(H,40,41). The van der Waals surface area contributed by atoms with Crippen LogP contribution in [0.4, 0.5) is 4.39 Å². The summed E-state index contributed by atoms with van der Waals surface area (Å²) in [6.45, 7) is 8.89. The van der Waals surface area contributed by atoms with Crippen LogP contribution in [0.5, 0.6) is 5.75 Å². The molecule has 0 unspecified atom stereocenters. The number of pyridine rings is 1. The van der Waals surface area contributed by atoms with Crippen molar-refractivity contribution in [2.24, 2.45) is 0 Å². The Hall–Kier alpha value is -3.74. The summed E-state index contributed by atoms with van der Waals surface area (Å²) in [5.74, 6) is -1.06. The molecule has 0 radical (unpaired) electrons. The van der Waals surface area contributed by atoms with Crippen LogP contribution >= 0.6 is 11.6 Å².